The van der Waals surface area contributed by atoms with E-state index in [4.69, 9.17) is 24.7 Å². The number of hydrogen-bond donors (Lipinski definition) is 1. The normalized spacial score (nSPS) is 42.5. The Kier molecular flexibility index (Phi) is 9.52. The minimum atomic E-state index is -0.359. The van der Waals surface area contributed by atoms with Crippen molar-refractivity contribution in [3.05, 3.63) is 47.5 Å². The van der Waals surface area contributed by atoms with Gasteiger partial charge in [0.05, 0.1) is 25.7 Å². The van der Waals surface area contributed by atoms with Crippen molar-refractivity contribution in [2.45, 2.75) is 113 Å². The third kappa shape index (κ3) is 5.31. The van der Waals surface area contributed by atoms with Crippen molar-refractivity contribution in [1.29, 1.82) is 0 Å². The summed E-state index contributed by atoms with van der Waals surface area (Å²) in [6.45, 7) is 20.4. The second-order valence-corrected chi connectivity index (χ2v) is 17.5. The van der Waals surface area contributed by atoms with Crippen LogP contribution in [0, 0.1) is 56.7 Å². The molecule has 4 fully saturated rings. The fourth-order valence-electron chi connectivity index (χ4n) is 12.2. The minimum absolute atomic E-state index is 0.0490. The van der Waals surface area contributed by atoms with Crippen LogP contribution in [0.15, 0.2) is 42.0 Å². The molecule has 48 heavy (non-hydrogen) atoms. The van der Waals surface area contributed by atoms with E-state index in [1.165, 1.54) is 12.5 Å². The Morgan fingerprint density at radius 3 is 2.40 bits per heavy atom. The first-order valence-corrected chi connectivity index (χ1v) is 18.7. The zero-order chi connectivity index (χ0) is 34.7. The lowest BCUT2D eigenvalue weighted by molar-refractivity contribution is -0.266. The summed E-state index contributed by atoms with van der Waals surface area (Å²) in [5.74, 6) is 0.904. The fourth-order valence-corrected chi connectivity index (χ4v) is 12.2. The number of benzene rings is 1. The van der Waals surface area contributed by atoms with Gasteiger partial charge in [0.2, 0.25) is 0 Å². The Balaban J connectivity index is 1.41. The van der Waals surface area contributed by atoms with Crippen molar-refractivity contribution in [1.82, 2.24) is 0 Å². The van der Waals surface area contributed by atoms with E-state index in [1.807, 2.05) is 30.3 Å². The maximum Gasteiger partial charge on any atom is 0.310 e. The number of carbonyl (C=O) groups is 2. The van der Waals surface area contributed by atoms with Crippen molar-refractivity contribution in [2.24, 2.45) is 62.4 Å². The van der Waals surface area contributed by atoms with Crippen molar-refractivity contribution >= 4 is 11.9 Å². The zero-order valence-electron chi connectivity index (χ0n) is 30.8. The predicted molar refractivity (Wildman–Crippen MR) is 187 cm³/mol. The van der Waals surface area contributed by atoms with E-state index in [0.29, 0.717) is 63.1 Å². The Morgan fingerprint density at radius 1 is 1.00 bits per heavy atom. The smallest absolute Gasteiger partial charge is 0.310 e. The zero-order valence-corrected chi connectivity index (χ0v) is 30.8. The van der Waals surface area contributed by atoms with E-state index in [0.717, 1.165) is 37.7 Å². The molecular weight excluding hydrogens is 602 g/mol. The lowest BCUT2D eigenvalue weighted by Gasteiger charge is -2.71. The predicted octanol–water partition coefficient (Wildman–Crippen LogP) is 7.51. The first kappa shape index (κ1) is 35.6. The number of nitrogens with two attached hydrogens (primary N) is 1. The van der Waals surface area contributed by atoms with Crippen LogP contribution in [0.25, 0.3) is 0 Å². The SMILES string of the molecule is CC(=O)O[C@@H]1C[C@@]23COC[C@](C)([C@@H]2CC[C@H]2C3=CC[C@@]3(C)[C@H](C(=O)OCc4ccccc4)[C@@](C)([C@H](C)C(C)C)CC[C@]23C)[C@H]1OCCN. The molecular formula is C41H61NO6. The molecule has 1 saturated heterocycles. The summed E-state index contributed by atoms with van der Waals surface area (Å²) in [6.07, 6.45) is 7.60. The summed E-state index contributed by atoms with van der Waals surface area (Å²) in [4.78, 5) is 27.1. The Hall–Kier alpha value is -2.22. The lowest BCUT2D eigenvalue weighted by atomic mass is 9.34. The van der Waals surface area contributed by atoms with Crippen molar-refractivity contribution in [3.63, 3.8) is 0 Å². The molecule has 5 aliphatic rings. The van der Waals surface area contributed by atoms with Crippen LogP contribution in [0.4, 0.5) is 0 Å². The molecule has 0 amide bonds. The molecule has 1 aromatic rings. The number of carbonyl (C=O) groups excluding carboxylic acids is 2. The van der Waals surface area contributed by atoms with E-state index in [2.05, 4.69) is 54.5 Å². The minimum Gasteiger partial charge on any atom is -0.461 e. The number of ether oxygens (including phenoxy) is 4. The van der Waals surface area contributed by atoms with Gasteiger partial charge in [-0.3, -0.25) is 9.59 Å². The molecule has 1 aromatic carbocycles. The van der Waals surface area contributed by atoms with Gasteiger partial charge in [-0.05, 0) is 84.0 Å². The summed E-state index contributed by atoms with van der Waals surface area (Å²) in [5.41, 5.74) is 7.27. The molecule has 0 aromatic heterocycles. The maximum atomic E-state index is 14.7. The highest BCUT2D eigenvalue weighted by Gasteiger charge is 2.72. The Morgan fingerprint density at radius 2 is 1.73 bits per heavy atom. The highest BCUT2D eigenvalue weighted by atomic mass is 16.6. The fraction of sp³-hybridized carbons (Fsp3) is 0.756. The monoisotopic (exact) mass is 663 g/mol. The van der Waals surface area contributed by atoms with Gasteiger partial charge in [-0.1, -0.05) is 90.4 Å². The van der Waals surface area contributed by atoms with Crippen LogP contribution in [0.3, 0.4) is 0 Å². The van der Waals surface area contributed by atoms with Gasteiger partial charge < -0.3 is 24.7 Å². The number of esters is 2. The molecule has 3 saturated carbocycles. The van der Waals surface area contributed by atoms with Gasteiger partial charge in [0, 0.05) is 24.3 Å². The number of allylic oxidation sites excluding steroid dienone is 1. The summed E-state index contributed by atoms with van der Waals surface area (Å²) >= 11 is 0. The molecule has 266 valence electrons. The van der Waals surface area contributed by atoms with Gasteiger partial charge in [0.25, 0.3) is 0 Å². The third-order valence-corrected chi connectivity index (χ3v) is 15.0. The van der Waals surface area contributed by atoms with Crippen LogP contribution >= 0.6 is 0 Å². The Bertz CT molecular complexity index is 1390. The van der Waals surface area contributed by atoms with Gasteiger partial charge in [0.15, 0.2) is 0 Å². The molecule has 6 rings (SSSR count). The van der Waals surface area contributed by atoms with Gasteiger partial charge in [-0.15, -0.1) is 0 Å². The summed E-state index contributed by atoms with van der Waals surface area (Å²) in [7, 11) is 0. The molecule has 7 nitrogen and oxygen atoms in total. The number of rotatable bonds is 9. The van der Waals surface area contributed by atoms with Crippen molar-refractivity contribution in [2.75, 3.05) is 26.4 Å². The second kappa shape index (κ2) is 12.8. The third-order valence-electron chi connectivity index (χ3n) is 15.0. The second-order valence-electron chi connectivity index (χ2n) is 17.5. The molecule has 0 spiro atoms. The molecule has 11 atom stereocenters. The summed E-state index contributed by atoms with van der Waals surface area (Å²) < 4.78 is 25.4. The van der Waals surface area contributed by atoms with Crippen molar-refractivity contribution < 1.29 is 28.5 Å². The van der Waals surface area contributed by atoms with Crippen LogP contribution in [0.2, 0.25) is 0 Å². The first-order chi connectivity index (χ1) is 22.7. The van der Waals surface area contributed by atoms with E-state index < -0.39 is 0 Å². The number of fused-ring (bicyclic) bond motifs is 3. The average molecular weight is 664 g/mol. The van der Waals surface area contributed by atoms with Crippen LogP contribution < -0.4 is 5.73 Å². The van der Waals surface area contributed by atoms with Crippen LogP contribution in [0.5, 0.6) is 0 Å². The highest BCUT2D eigenvalue weighted by Crippen LogP contribution is 2.75. The van der Waals surface area contributed by atoms with E-state index in [1.54, 1.807) is 0 Å². The standard InChI is InChI=1S/C41H61NO6/c1-26(2)27(3)37(5)18-19-39(7)30-14-15-33-38(6)24-45-25-41(33,22-32(48-28(4)43)35(38)46-21-20-42)31(30)16-17-40(39,8)34(37)36(44)47-23-29-12-10-9-11-13-29/h9-13,16,26-27,30,32-35H,14-15,17-25,42H2,1-8H3/t27-,30+,32-,33+,34-,35+,37-,38-,39-,40+,41+/m1/s1. The van der Waals surface area contributed by atoms with Crippen LogP contribution in [0.1, 0.15) is 99.5 Å². The highest BCUT2D eigenvalue weighted by molar-refractivity contribution is 5.75. The molecule has 4 aliphatic carbocycles. The summed E-state index contributed by atoms with van der Waals surface area (Å²) in [5, 5.41) is 0. The van der Waals surface area contributed by atoms with Crippen molar-refractivity contribution in [3.8, 4) is 0 Å². The van der Waals surface area contributed by atoms with E-state index in [-0.39, 0.29) is 57.1 Å². The molecule has 2 bridgehead atoms. The van der Waals surface area contributed by atoms with Gasteiger partial charge in [-0.2, -0.15) is 0 Å². The molecule has 2 N–H and O–H groups in total. The first-order valence-electron chi connectivity index (χ1n) is 18.7. The molecule has 1 aliphatic heterocycles. The van der Waals surface area contributed by atoms with Gasteiger partial charge in [0.1, 0.15) is 18.8 Å². The quantitative estimate of drug-likeness (QED) is 0.216. The lowest BCUT2D eigenvalue weighted by Crippen LogP contribution is -2.70. The maximum absolute atomic E-state index is 14.7. The van der Waals surface area contributed by atoms with E-state index in [9.17, 15) is 9.59 Å². The Labute approximate surface area is 289 Å². The number of hydrogen-bond acceptors (Lipinski definition) is 7. The van der Waals surface area contributed by atoms with E-state index >= 15 is 0 Å². The molecule has 0 unspecified atom stereocenters. The summed E-state index contributed by atoms with van der Waals surface area (Å²) in [6, 6.07) is 10.1. The molecule has 0 radical (unpaired) electrons. The van der Waals surface area contributed by atoms with Crippen LogP contribution in [-0.2, 0) is 35.1 Å². The topological polar surface area (TPSA) is 97.1 Å². The molecule has 1 heterocycles. The van der Waals surface area contributed by atoms with Gasteiger partial charge >= 0.3 is 11.9 Å². The van der Waals surface area contributed by atoms with Crippen LogP contribution in [-0.4, -0.2) is 50.5 Å². The largest absolute Gasteiger partial charge is 0.461 e. The molecule has 7 heteroatoms. The van der Waals surface area contributed by atoms with Gasteiger partial charge in [-0.25, -0.2) is 0 Å². The average Bonchev–Trinajstić information content (AvgIpc) is 3.03.